The predicted octanol–water partition coefficient (Wildman–Crippen LogP) is 8.43. The largest absolute Gasteiger partial charge is 0.369 e. The van der Waals surface area contributed by atoms with E-state index in [2.05, 4.69) is 60.6 Å². The molecule has 1 N–H and O–H groups in total. The minimum absolute atomic E-state index is 0.122. The first-order valence-electron chi connectivity index (χ1n) is 10.5. The first-order chi connectivity index (χ1) is 12.3. The highest BCUT2D eigenvalue weighted by atomic mass is 35.9. The summed E-state index contributed by atoms with van der Waals surface area (Å²) in [7, 11) is 0. The Kier molecular flexibility index (Phi) is 9.61. The van der Waals surface area contributed by atoms with Crippen LogP contribution in [-0.2, 0) is 17.3 Å². The van der Waals surface area contributed by atoms with Crippen LogP contribution >= 0.6 is 28.7 Å². The molecule has 1 rings (SSSR count). The second-order valence-corrected chi connectivity index (χ2v) is 14.8. The topological polar surface area (TPSA) is 20.2 Å². The first-order valence-corrected chi connectivity index (χ1v) is 14.0. The molecule has 0 spiro atoms. The standard InChI is InChI=1S/C23H40Cl2OP/c1-8-9-10-11-12-13-14-15-18-16-19(22(2,3)4)21(27(24,25)26)20(17-18)23(5,6)7/h16-17,26H,8-15H2,1-7H3/q+1. The summed E-state index contributed by atoms with van der Waals surface area (Å²) in [5.74, 6) is 0. The maximum absolute atomic E-state index is 10.6. The number of hydrogen-bond donors (Lipinski definition) is 1. The van der Waals surface area contributed by atoms with E-state index in [1.54, 1.807) is 0 Å². The molecule has 27 heavy (non-hydrogen) atoms. The van der Waals surface area contributed by atoms with Crippen molar-refractivity contribution in [1.82, 2.24) is 0 Å². The highest BCUT2D eigenvalue weighted by Gasteiger charge is 2.45. The number of unbranched alkanes of at least 4 members (excludes halogenated alkanes) is 6. The molecule has 0 saturated heterocycles. The number of rotatable bonds is 9. The number of aryl methyl sites for hydroxylation is 1. The molecule has 156 valence electrons. The van der Waals surface area contributed by atoms with Gasteiger partial charge in [0.15, 0.2) is 5.30 Å². The van der Waals surface area contributed by atoms with Crippen LogP contribution in [0, 0.1) is 0 Å². The summed E-state index contributed by atoms with van der Waals surface area (Å²) in [6.45, 7) is 15.3. The molecule has 0 atom stereocenters. The van der Waals surface area contributed by atoms with Gasteiger partial charge < -0.3 is 0 Å². The zero-order valence-corrected chi connectivity index (χ0v) is 20.9. The van der Waals surface area contributed by atoms with Gasteiger partial charge >= 0.3 is 6.19 Å². The van der Waals surface area contributed by atoms with Gasteiger partial charge in [-0.25, -0.2) is 4.89 Å². The average molecular weight is 434 g/mol. The summed E-state index contributed by atoms with van der Waals surface area (Å²) < 4.78 is 0. The van der Waals surface area contributed by atoms with Gasteiger partial charge in [-0.05, 0) is 29.2 Å². The van der Waals surface area contributed by atoms with E-state index in [4.69, 9.17) is 22.5 Å². The molecule has 0 bridgehead atoms. The molecule has 0 heterocycles. The number of hydrogen-bond acceptors (Lipinski definition) is 1. The highest BCUT2D eigenvalue weighted by molar-refractivity contribution is 8.18. The summed E-state index contributed by atoms with van der Waals surface area (Å²) in [4.78, 5) is 10.6. The lowest BCUT2D eigenvalue weighted by atomic mass is 9.79. The van der Waals surface area contributed by atoms with E-state index >= 15 is 0 Å². The molecule has 1 aromatic rings. The molecule has 0 aromatic heterocycles. The van der Waals surface area contributed by atoms with Gasteiger partial charge in [-0.15, -0.1) is 0 Å². The van der Waals surface area contributed by atoms with Crippen LogP contribution in [0.25, 0.3) is 0 Å². The van der Waals surface area contributed by atoms with Crippen LogP contribution in [0.15, 0.2) is 12.1 Å². The highest BCUT2D eigenvalue weighted by Crippen LogP contribution is 2.66. The zero-order chi connectivity index (χ0) is 20.9. The van der Waals surface area contributed by atoms with Crippen molar-refractivity contribution in [2.45, 2.75) is 111 Å². The van der Waals surface area contributed by atoms with Crippen molar-refractivity contribution < 1.29 is 4.89 Å². The van der Waals surface area contributed by atoms with Gasteiger partial charge in [-0.3, -0.25) is 0 Å². The molecule has 1 aromatic carbocycles. The van der Waals surface area contributed by atoms with Crippen molar-refractivity contribution in [1.29, 1.82) is 0 Å². The summed E-state index contributed by atoms with van der Waals surface area (Å²) in [5.41, 5.74) is 3.28. The molecule has 0 aliphatic rings. The summed E-state index contributed by atoms with van der Waals surface area (Å²) in [6, 6.07) is 4.47. The molecule has 0 fully saturated rings. The lowest BCUT2D eigenvalue weighted by Gasteiger charge is -2.29. The van der Waals surface area contributed by atoms with E-state index in [0.29, 0.717) is 0 Å². The van der Waals surface area contributed by atoms with Crippen molar-refractivity contribution in [3.63, 3.8) is 0 Å². The average Bonchev–Trinajstić information content (AvgIpc) is 2.50. The molecule has 0 aliphatic heterocycles. The van der Waals surface area contributed by atoms with Gasteiger partial charge in [-0.2, -0.15) is 0 Å². The van der Waals surface area contributed by atoms with E-state index in [1.807, 2.05) is 0 Å². The van der Waals surface area contributed by atoms with Crippen molar-refractivity contribution in [2.75, 3.05) is 0 Å². The Balaban J connectivity index is 3.11. The van der Waals surface area contributed by atoms with Crippen LogP contribution in [0.3, 0.4) is 0 Å². The summed E-state index contributed by atoms with van der Waals surface area (Å²) >= 11 is 12.7. The Morgan fingerprint density at radius 3 is 1.56 bits per heavy atom. The Bertz CT molecular complexity index is 557. The normalized spacial score (nSPS) is 13.3. The maximum atomic E-state index is 10.6. The summed E-state index contributed by atoms with van der Waals surface area (Å²) in [6.07, 6.45) is 7.09. The van der Waals surface area contributed by atoms with Crippen molar-refractivity contribution in [3.05, 3.63) is 28.8 Å². The molecule has 0 saturated carbocycles. The Morgan fingerprint density at radius 1 is 0.778 bits per heavy atom. The molecule has 0 amide bonds. The molecular weight excluding hydrogens is 394 g/mol. The van der Waals surface area contributed by atoms with Crippen molar-refractivity contribution >= 4 is 34.0 Å². The molecule has 0 aliphatic carbocycles. The van der Waals surface area contributed by atoms with Gasteiger partial charge in [0.1, 0.15) is 22.5 Å². The lowest BCUT2D eigenvalue weighted by molar-refractivity contribution is 0.566. The minimum atomic E-state index is -3.16. The fourth-order valence-electron chi connectivity index (χ4n) is 3.56. The zero-order valence-electron chi connectivity index (χ0n) is 18.5. The van der Waals surface area contributed by atoms with Gasteiger partial charge in [0.05, 0.1) is 0 Å². The van der Waals surface area contributed by atoms with Gasteiger partial charge in [0, 0.05) is 11.1 Å². The third-order valence-electron chi connectivity index (χ3n) is 5.12. The van der Waals surface area contributed by atoms with E-state index < -0.39 is 6.19 Å². The monoisotopic (exact) mass is 433 g/mol. The fourth-order valence-corrected chi connectivity index (χ4v) is 6.03. The van der Waals surface area contributed by atoms with Crippen LogP contribution < -0.4 is 5.30 Å². The SMILES string of the molecule is CCCCCCCCCc1cc(C(C)(C)C)c([P+](O)(Cl)Cl)c(C(C)(C)C)c1. The smallest absolute Gasteiger partial charge is 0.210 e. The number of halogens is 2. The van der Waals surface area contributed by atoms with Crippen LogP contribution in [0.4, 0.5) is 0 Å². The van der Waals surface area contributed by atoms with Crippen LogP contribution in [0.2, 0.25) is 0 Å². The first kappa shape index (κ1) is 25.2. The number of benzene rings is 1. The second-order valence-electron chi connectivity index (χ2n) is 9.89. The third-order valence-corrected chi connectivity index (χ3v) is 7.16. The van der Waals surface area contributed by atoms with Crippen LogP contribution in [0.1, 0.15) is 110 Å². The minimum Gasteiger partial charge on any atom is -0.210 e. The molecule has 0 unspecified atom stereocenters. The maximum Gasteiger partial charge on any atom is 0.369 e. The fraction of sp³-hybridized carbons (Fsp3) is 0.739. The van der Waals surface area contributed by atoms with Gasteiger partial charge in [0.2, 0.25) is 0 Å². The second kappa shape index (κ2) is 10.3. The Morgan fingerprint density at radius 2 is 1.19 bits per heavy atom. The predicted molar refractivity (Wildman–Crippen MR) is 126 cm³/mol. The van der Waals surface area contributed by atoms with E-state index in [-0.39, 0.29) is 10.8 Å². The van der Waals surface area contributed by atoms with Crippen molar-refractivity contribution in [2.24, 2.45) is 0 Å². The van der Waals surface area contributed by atoms with Gasteiger partial charge in [-0.1, -0.05) is 99.1 Å². The molecular formula is C23H40Cl2OP+. The quantitative estimate of drug-likeness (QED) is 0.305. The van der Waals surface area contributed by atoms with E-state index in [1.165, 1.54) is 50.5 Å². The van der Waals surface area contributed by atoms with Crippen LogP contribution in [-0.4, -0.2) is 4.89 Å². The molecule has 0 radical (unpaired) electrons. The lowest BCUT2D eigenvalue weighted by Crippen LogP contribution is -2.31. The third kappa shape index (κ3) is 8.22. The summed E-state index contributed by atoms with van der Waals surface area (Å²) in [5, 5.41) is 0.772. The van der Waals surface area contributed by atoms with Crippen molar-refractivity contribution in [3.8, 4) is 0 Å². The van der Waals surface area contributed by atoms with Gasteiger partial charge in [0.25, 0.3) is 0 Å². The Hall–Kier alpha value is 0.190. The van der Waals surface area contributed by atoms with E-state index in [0.717, 1.165) is 22.9 Å². The van der Waals surface area contributed by atoms with E-state index in [9.17, 15) is 4.89 Å². The molecule has 4 heteroatoms. The Labute approximate surface area is 178 Å². The van der Waals surface area contributed by atoms with Crippen LogP contribution in [0.5, 0.6) is 0 Å². The molecule has 1 nitrogen and oxygen atoms in total.